The van der Waals surface area contributed by atoms with Crippen molar-refractivity contribution in [2.24, 2.45) is 46.3 Å². The Morgan fingerprint density at radius 1 is 0.914 bits per heavy atom. The molecular formula is C33H55NO. The molecule has 1 saturated heterocycles. The first-order valence-electron chi connectivity index (χ1n) is 15.7. The highest BCUT2D eigenvalue weighted by Crippen LogP contribution is 2.66. The second-order valence-corrected chi connectivity index (χ2v) is 14.6. The molecule has 1 amide bonds. The lowest BCUT2D eigenvalue weighted by Gasteiger charge is -2.58. The molecule has 5 aliphatic rings. The molecule has 0 spiro atoms. The van der Waals surface area contributed by atoms with Crippen LogP contribution in [-0.4, -0.2) is 23.4 Å². The molecule has 1 aliphatic heterocycles. The van der Waals surface area contributed by atoms with Gasteiger partial charge in [-0.25, -0.2) is 0 Å². The number of amides is 1. The summed E-state index contributed by atoms with van der Waals surface area (Å²) in [4.78, 5) is 14.9. The molecule has 2 nitrogen and oxygen atoms in total. The molecule has 8 atom stereocenters. The fourth-order valence-corrected chi connectivity index (χ4v) is 9.98. The Kier molecular flexibility index (Phi) is 7.26. The summed E-state index contributed by atoms with van der Waals surface area (Å²) in [6, 6.07) is 0.536. The Labute approximate surface area is 217 Å². The Bertz CT molecular complexity index is 827. The minimum absolute atomic E-state index is 0.450. The average Bonchev–Trinajstić information content (AvgIpc) is 3.19. The van der Waals surface area contributed by atoms with E-state index in [1.165, 1.54) is 77.0 Å². The molecule has 4 aliphatic carbocycles. The summed E-state index contributed by atoms with van der Waals surface area (Å²) in [6.45, 7) is 16.2. The van der Waals surface area contributed by atoms with Crippen molar-refractivity contribution in [3.63, 3.8) is 0 Å². The van der Waals surface area contributed by atoms with Crippen LogP contribution < -0.4 is 0 Å². The third kappa shape index (κ3) is 4.46. The van der Waals surface area contributed by atoms with E-state index in [2.05, 4.69) is 46.4 Å². The van der Waals surface area contributed by atoms with Gasteiger partial charge in [0.25, 0.3) is 0 Å². The molecule has 0 N–H and O–H groups in total. The zero-order valence-corrected chi connectivity index (χ0v) is 24.0. The number of carbonyl (C=O) groups excluding carboxylic acids is 1. The first-order valence-corrected chi connectivity index (χ1v) is 15.7. The van der Waals surface area contributed by atoms with Gasteiger partial charge in [-0.2, -0.15) is 0 Å². The third-order valence-corrected chi connectivity index (χ3v) is 12.7. The lowest BCUT2D eigenvalue weighted by atomic mass is 9.48. The summed E-state index contributed by atoms with van der Waals surface area (Å²) in [5.74, 6) is 5.53. The van der Waals surface area contributed by atoms with Crippen LogP contribution in [0.5, 0.6) is 0 Å². The number of likely N-dealkylation sites (tertiary alicyclic amines) is 1. The van der Waals surface area contributed by atoms with E-state index in [0.717, 1.165) is 54.9 Å². The number of hydrogen-bond acceptors (Lipinski definition) is 1. The molecule has 198 valence electrons. The SMILES string of the molecule is CC(C)[C@@H](C)CC[C@@H](C)[C@H]1CCC2=C3CC[C@H]4C[C@H](N5CCCCC5=O)CC[C@]4(C)[C@H]3CC[C@@]21C. The van der Waals surface area contributed by atoms with E-state index in [1.807, 2.05) is 11.1 Å². The van der Waals surface area contributed by atoms with Gasteiger partial charge in [0.2, 0.25) is 5.91 Å². The van der Waals surface area contributed by atoms with Crippen LogP contribution in [0, 0.1) is 46.3 Å². The minimum Gasteiger partial charge on any atom is -0.340 e. The van der Waals surface area contributed by atoms with Gasteiger partial charge in [0.05, 0.1) is 0 Å². The van der Waals surface area contributed by atoms with Gasteiger partial charge in [-0.05, 0) is 117 Å². The molecule has 0 radical (unpaired) electrons. The maximum Gasteiger partial charge on any atom is 0.222 e. The molecule has 3 saturated carbocycles. The van der Waals surface area contributed by atoms with E-state index in [-0.39, 0.29) is 0 Å². The molecule has 0 aromatic rings. The molecule has 35 heavy (non-hydrogen) atoms. The van der Waals surface area contributed by atoms with Crippen molar-refractivity contribution in [3.8, 4) is 0 Å². The van der Waals surface area contributed by atoms with Gasteiger partial charge in [0, 0.05) is 19.0 Å². The zero-order valence-electron chi connectivity index (χ0n) is 24.0. The number of rotatable bonds is 6. The first-order chi connectivity index (χ1) is 16.6. The minimum atomic E-state index is 0.450. The lowest BCUT2D eigenvalue weighted by Crippen LogP contribution is -2.53. The summed E-state index contributed by atoms with van der Waals surface area (Å²) in [6.07, 6.45) is 18.3. The van der Waals surface area contributed by atoms with Crippen molar-refractivity contribution >= 4 is 5.91 Å². The number of allylic oxidation sites excluding steroid dienone is 2. The Morgan fingerprint density at radius 2 is 1.71 bits per heavy atom. The van der Waals surface area contributed by atoms with Crippen LogP contribution in [0.2, 0.25) is 0 Å². The molecule has 1 heterocycles. The molecule has 0 unspecified atom stereocenters. The molecule has 4 fully saturated rings. The van der Waals surface area contributed by atoms with Gasteiger partial charge < -0.3 is 4.90 Å². The number of carbonyl (C=O) groups is 1. The number of fused-ring (bicyclic) bond motifs is 4. The van der Waals surface area contributed by atoms with Crippen LogP contribution in [0.25, 0.3) is 0 Å². The molecular weight excluding hydrogens is 426 g/mol. The van der Waals surface area contributed by atoms with Gasteiger partial charge in [-0.3, -0.25) is 4.79 Å². The van der Waals surface area contributed by atoms with Gasteiger partial charge in [0.15, 0.2) is 0 Å². The average molecular weight is 482 g/mol. The first kappa shape index (κ1) is 25.8. The number of nitrogens with zero attached hydrogens (tertiary/aromatic N) is 1. The quantitative estimate of drug-likeness (QED) is 0.347. The smallest absolute Gasteiger partial charge is 0.222 e. The summed E-state index contributed by atoms with van der Waals surface area (Å²) in [7, 11) is 0. The second-order valence-electron chi connectivity index (χ2n) is 14.6. The van der Waals surface area contributed by atoms with Crippen molar-refractivity contribution in [2.45, 2.75) is 137 Å². The lowest BCUT2D eigenvalue weighted by molar-refractivity contribution is -0.138. The van der Waals surface area contributed by atoms with E-state index < -0.39 is 0 Å². The second kappa shape index (κ2) is 9.83. The normalized spacial score (nSPS) is 41.5. The van der Waals surface area contributed by atoms with Crippen LogP contribution in [-0.2, 0) is 4.79 Å². The summed E-state index contributed by atoms with van der Waals surface area (Å²) in [5, 5.41) is 0. The standard InChI is InChI=1S/C33H55NO/c1-22(2)23(3)10-11-24(4)28-14-15-29-27-13-12-25-21-26(34-20-8-7-9-31(34)35)16-18-32(25,5)30(27)17-19-33(28,29)6/h22-26,28,30H,7-21H2,1-6H3/t23-,24+,25-,26+,28+,30-,32-,33+/m0/s1. The van der Waals surface area contributed by atoms with Gasteiger partial charge >= 0.3 is 0 Å². The van der Waals surface area contributed by atoms with E-state index >= 15 is 0 Å². The van der Waals surface area contributed by atoms with Gasteiger partial charge in [0.1, 0.15) is 0 Å². The summed E-state index contributed by atoms with van der Waals surface area (Å²) in [5.41, 5.74) is 4.84. The Balaban J connectivity index is 1.30. The topological polar surface area (TPSA) is 20.3 Å². The summed E-state index contributed by atoms with van der Waals surface area (Å²) < 4.78 is 0. The maximum atomic E-state index is 12.6. The highest BCUT2D eigenvalue weighted by atomic mass is 16.2. The van der Waals surface area contributed by atoms with Gasteiger partial charge in [-0.1, -0.05) is 65.5 Å². The number of piperidine rings is 1. The van der Waals surface area contributed by atoms with Crippen molar-refractivity contribution < 1.29 is 4.79 Å². The van der Waals surface area contributed by atoms with Crippen LogP contribution in [0.15, 0.2) is 11.1 Å². The van der Waals surface area contributed by atoms with Crippen molar-refractivity contribution in [3.05, 3.63) is 11.1 Å². The maximum absolute atomic E-state index is 12.6. The fourth-order valence-electron chi connectivity index (χ4n) is 9.98. The van der Waals surface area contributed by atoms with Crippen LogP contribution in [0.4, 0.5) is 0 Å². The van der Waals surface area contributed by atoms with E-state index in [1.54, 1.807) is 0 Å². The molecule has 2 heteroatoms. The largest absolute Gasteiger partial charge is 0.340 e. The van der Waals surface area contributed by atoms with Crippen LogP contribution in [0.3, 0.4) is 0 Å². The highest BCUT2D eigenvalue weighted by molar-refractivity contribution is 5.77. The van der Waals surface area contributed by atoms with Crippen molar-refractivity contribution in [2.75, 3.05) is 6.54 Å². The van der Waals surface area contributed by atoms with Gasteiger partial charge in [-0.15, -0.1) is 0 Å². The predicted octanol–water partition coefficient (Wildman–Crippen LogP) is 8.80. The van der Waals surface area contributed by atoms with E-state index in [4.69, 9.17) is 0 Å². The Morgan fingerprint density at radius 3 is 2.46 bits per heavy atom. The van der Waals surface area contributed by atoms with E-state index in [9.17, 15) is 4.79 Å². The van der Waals surface area contributed by atoms with Crippen molar-refractivity contribution in [1.82, 2.24) is 4.90 Å². The summed E-state index contributed by atoms with van der Waals surface area (Å²) >= 11 is 0. The van der Waals surface area contributed by atoms with Crippen molar-refractivity contribution in [1.29, 1.82) is 0 Å². The highest BCUT2D eigenvalue weighted by Gasteiger charge is 2.56. The zero-order chi connectivity index (χ0) is 25.0. The third-order valence-electron chi connectivity index (χ3n) is 12.7. The molecule has 5 rings (SSSR count). The molecule has 0 bridgehead atoms. The molecule has 0 aromatic heterocycles. The fraction of sp³-hybridized carbons (Fsp3) is 0.909. The van der Waals surface area contributed by atoms with E-state index in [0.29, 0.717) is 22.8 Å². The monoisotopic (exact) mass is 481 g/mol. The Hall–Kier alpha value is -0.790. The predicted molar refractivity (Wildman–Crippen MR) is 147 cm³/mol. The number of hydrogen-bond donors (Lipinski definition) is 0. The van der Waals surface area contributed by atoms with Crippen LogP contribution >= 0.6 is 0 Å². The molecule has 0 aromatic carbocycles. The van der Waals surface area contributed by atoms with Crippen LogP contribution in [0.1, 0.15) is 131 Å².